The highest BCUT2D eigenvalue weighted by Crippen LogP contribution is 2.34. The van der Waals surface area contributed by atoms with Gasteiger partial charge in [-0.25, -0.2) is 4.98 Å². The molecule has 3 nitrogen and oxygen atoms in total. The van der Waals surface area contributed by atoms with Gasteiger partial charge in [-0.2, -0.15) is 0 Å². The average Bonchev–Trinajstić information content (AvgIpc) is 3.29. The molecule has 1 fully saturated rings. The first kappa shape index (κ1) is 16.2. The van der Waals surface area contributed by atoms with E-state index in [4.69, 9.17) is 4.98 Å². The van der Waals surface area contributed by atoms with Gasteiger partial charge in [-0.05, 0) is 76.1 Å². The standard InChI is InChI=1S/C22H27N3/c1-13-8-14(2)21(15(3)9-13)25-12-16(4)20-19(23-11-18-6-7-18)10-17(5)24-22(20)25/h8-10,12,18H,6-7,11H2,1-5H3,(H,23,24). The molecule has 0 atom stereocenters. The van der Waals surface area contributed by atoms with Crippen LogP contribution in [0.2, 0.25) is 0 Å². The van der Waals surface area contributed by atoms with Crippen LogP contribution in [-0.2, 0) is 0 Å². The lowest BCUT2D eigenvalue weighted by Gasteiger charge is -2.14. The first-order valence-electron chi connectivity index (χ1n) is 9.25. The molecule has 1 saturated carbocycles. The second kappa shape index (κ2) is 5.91. The van der Waals surface area contributed by atoms with E-state index < -0.39 is 0 Å². The van der Waals surface area contributed by atoms with Crippen molar-refractivity contribution in [2.45, 2.75) is 47.5 Å². The van der Waals surface area contributed by atoms with E-state index in [1.807, 2.05) is 0 Å². The number of hydrogen-bond donors (Lipinski definition) is 1. The zero-order valence-corrected chi connectivity index (χ0v) is 15.9. The van der Waals surface area contributed by atoms with E-state index in [0.29, 0.717) is 0 Å². The molecule has 1 N–H and O–H groups in total. The minimum atomic E-state index is 0.854. The molecule has 1 aromatic carbocycles. The number of aromatic nitrogens is 2. The van der Waals surface area contributed by atoms with Gasteiger partial charge in [-0.3, -0.25) is 0 Å². The van der Waals surface area contributed by atoms with Crippen LogP contribution in [0.3, 0.4) is 0 Å². The van der Waals surface area contributed by atoms with Crippen molar-refractivity contribution in [2.75, 3.05) is 11.9 Å². The first-order chi connectivity index (χ1) is 11.9. The summed E-state index contributed by atoms with van der Waals surface area (Å²) >= 11 is 0. The number of rotatable bonds is 4. The third-order valence-corrected chi connectivity index (χ3v) is 5.23. The normalized spacial score (nSPS) is 14.3. The molecule has 2 heterocycles. The molecule has 3 aromatic rings. The summed E-state index contributed by atoms with van der Waals surface area (Å²) in [6.07, 6.45) is 4.97. The Kier molecular flexibility index (Phi) is 3.82. The molecule has 3 heteroatoms. The van der Waals surface area contributed by atoms with Crippen LogP contribution in [0.25, 0.3) is 16.7 Å². The molecular formula is C22H27N3. The van der Waals surface area contributed by atoms with Gasteiger partial charge in [-0.1, -0.05) is 17.7 Å². The third kappa shape index (κ3) is 2.92. The number of nitrogens with one attached hydrogen (secondary N) is 1. The van der Waals surface area contributed by atoms with E-state index in [2.05, 4.69) is 68.9 Å². The van der Waals surface area contributed by atoms with Crippen molar-refractivity contribution in [2.24, 2.45) is 5.92 Å². The summed E-state index contributed by atoms with van der Waals surface area (Å²) in [7, 11) is 0. The lowest BCUT2D eigenvalue weighted by molar-refractivity contribution is 0.890. The second-order valence-electron chi connectivity index (χ2n) is 7.76. The van der Waals surface area contributed by atoms with Gasteiger partial charge in [0.05, 0.1) is 5.69 Å². The van der Waals surface area contributed by atoms with Crippen LogP contribution in [0.15, 0.2) is 24.4 Å². The zero-order chi connectivity index (χ0) is 17.7. The fourth-order valence-corrected chi connectivity index (χ4v) is 3.98. The Bertz CT molecular complexity index is 938. The Hall–Kier alpha value is -2.29. The minimum absolute atomic E-state index is 0.854. The largest absolute Gasteiger partial charge is 0.384 e. The molecule has 130 valence electrons. The SMILES string of the molecule is Cc1cc(C)c(-n2cc(C)c3c(NCC4CC4)cc(C)nc32)c(C)c1. The summed E-state index contributed by atoms with van der Waals surface area (Å²) in [6.45, 7) is 11.9. The van der Waals surface area contributed by atoms with E-state index in [1.54, 1.807) is 0 Å². The monoisotopic (exact) mass is 333 g/mol. The molecule has 4 rings (SSSR count). The van der Waals surface area contributed by atoms with E-state index >= 15 is 0 Å². The van der Waals surface area contributed by atoms with Gasteiger partial charge < -0.3 is 9.88 Å². The maximum Gasteiger partial charge on any atom is 0.147 e. The van der Waals surface area contributed by atoms with Crippen LogP contribution in [0.5, 0.6) is 0 Å². The summed E-state index contributed by atoms with van der Waals surface area (Å²) < 4.78 is 2.28. The van der Waals surface area contributed by atoms with Crippen molar-refractivity contribution < 1.29 is 0 Å². The number of hydrogen-bond acceptors (Lipinski definition) is 2. The van der Waals surface area contributed by atoms with E-state index in [0.717, 1.165) is 23.8 Å². The predicted octanol–water partition coefficient (Wildman–Crippen LogP) is 5.39. The first-order valence-corrected chi connectivity index (χ1v) is 9.25. The molecule has 0 aliphatic heterocycles. The van der Waals surface area contributed by atoms with Crippen molar-refractivity contribution >= 4 is 16.7 Å². The minimum Gasteiger partial charge on any atom is -0.384 e. The lowest BCUT2D eigenvalue weighted by atomic mass is 10.1. The Balaban J connectivity index is 1.91. The molecule has 0 radical (unpaired) electrons. The summed E-state index contributed by atoms with van der Waals surface area (Å²) in [5, 5.41) is 4.94. The third-order valence-electron chi connectivity index (χ3n) is 5.23. The van der Waals surface area contributed by atoms with Crippen molar-refractivity contribution in [3.8, 4) is 5.69 Å². The molecule has 0 unspecified atom stereocenters. The highest BCUT2D eigenvalue weighted by Gasteiger charge is 2.22. The molecule has 0 spiro atoms. The van der Waals surface area contributed by atoms with Crippen molar-refractivity contribution in [1.82, 2.24) is 9.55 Å². The summed E-state index contributed by atoms with van der Waals surface area (Å²) in [5.74, 6) is 0.854. The maximum absolute atomic E-state index is 4.90. The second-order valence-corrected chi connectivity index (χ2v) is 7.76. The molecular weight excluding hydrogens is 306 g/mol. The van der Waals surface area contributed by atoms with Gasteiger partial charge in [0.25, 0.3) is 0 Å². The highest BCUT2D eigenvalue weighted by molar-refractivity contribution is 5.94. The molecule has 1 aliphatic carbocycles. The Morgan fingerprint density at radius 3 is 2.32 bits per heavy atom. The van der Waals surface area contributed by atoms with E-state index in [-0.39, 0.29) is 0 Å². The van der Waals surface area contributed by atoms with Gasteiger partial charge >= 0.3 is 0 Å². The Morgan fingerprint density at radius 2 is 1.68 bits per heavy atom. The van der Waals surface area contributed by atoms with Crippen LogP contribution in [0.4, 0.5) is 5.69 Å². The lowest BCUT2D eigenvalue weighted by Crippen LogP contribution is -2.05. The number of aryl methyl sites for hydroxylation is 5. The van der Waals surface area contributed by atoms with Crippen LogP contribution in [0.1, 0.15) is 40.8 Å². The summed E-state index contributed by atoms with van der Waals surface area (Å²) in [5.41, 5.74) is 9.79. The van der Waals surface area contributed by atoms with Crippen molar-refractivity contribution in [1.29, 1.82) is 0 Å². The van der Waals surface area contributed by atoms with Gasteiger partial charge in [0.1, 0.15) is 5.65 Å². The van der Waals surface area contributed by atoms with Gasteiger partial charge in [0.15, 0.2) is 0 Å². The summed E-state index contributed by atoms with van der Waals surface area (Å²) in [6, 6.07) is 6.70. The van der Waals surface area contributed by atoms with Gasteiger partial charge in [0.2, 0.25) is 0 Å². The van der Waals surface area contributed by atoms with E-state index in [9.17, 15) is 0 Å². The molecule has 0 bridgehead atoms. The van der Waals surface area contributed by atoms with Crippen molar-refractivity contribution in [3.63, 3.8) is 0 Å². The molecule has 0 saturated heterocycles. The van der Waals surface area contributed by atoms with Crippen LogP contribution in [0, 0.1) is 40.5 Å². The number of benzene rings is 1. The fraction of sp³-hybridized carbons (Fsp3) is 0.409. The van der Waals surface area contributed by atoms with Crippen molar-refractivity contribution in [3.05, 3.63) is 52.3 Å². The number of fused-ring (bicyclic) bond motifs is 1. The van der Waals surface area contributed by atoms with Gasteiger partial charge in [-0.15, -0.1) is 0 Å². The Morgan fingerprint density at radius 1 is 1.00 bits per heavy atom. The zero-order valence-electron chi connectivity index (χ0n) is 15.9. The maximum atomic E-state index is 4.90. The molecule has 25 heavy (non-hydrogen) atoms. The Labute approximate surface area is 150 Å². The van der Waals surface area contributed by atoms with E-state index in [1.165, 1.54) is 51.9 Å². The quantitative estimate of drug-likeness (QED) is 0.694. The predicted molar refractivity (Wildman–Crippen MR) is 106 cm³/mol. The van der Waals surface area contributed by atoms with Gasteiger partial charge in [0, 0.05) is 29.5 Å². The van der Waals surface area contributed by atoms with Crippen LogP contribution < -0.4 is 5.32 Å². The molecule has 0 amide bonds. The smallest absolute Gasteiger partial charge is 0.147 e. The number of anilines is 1. The topological polar surface area (TPSA) is 29.9 Å². The average molecular weight is 333 g/mol. The van der Waals surface area contributed by atoms with Crippen LogP contribution >= 0.6 is 0 Å². The number of pyridine rings is 1. The number of nitrogens with zero attached hydrogens (tertiary/aromatic N) is 2. The fourth-order valence-electron chi connectivity index (χ4n) is 3.98. The summed E-state index contributed by atoms with van der Waals surface area (Å²) in [4.78, 5) is 4.90. The molecule has 1 aliphatic rings. The molecule has 2 aromatic heterocycles. The highest BCUT2D eigenvalue weighted by atomic mass is 15.1. The van der Waals surface area contributed by atoms with Crippen LogP contribution in [-0.4, -0.2) is 16.1 Å².